The molecule has 1 aliphatic heterocycles. The van der Waals surface area contributed by atoms with Crippen LogP contribution in [0.25, 0.3) is 0 Å². The summed E-state index contributed by atoms with van der Waals surface area (Å²) in [6.45, 7) is 6.75. The Balaban J connectivity index is 1.75. The van der Waals surface area contributed by atoms with E-state index in [0.717, 1.165) is 18.6 Å². The van der Waals surface area contributed by atoms with Crippen molar-refractivity contribution in [2.24, 2.45) is 5.41 Å². The fourth-order valence-corrected chi connectivity index (χ4v) is 2.96. The van der Waals surface area contributed by atoms with Gasteiger partial charge in [0.25, 0.3) is 0 Å². The van der Waals surface area contributed by atoms with Gasteiger partial charge in [-0.1, -0.05) is 61.9 Å². The van der Waals surface area contributed by atoms with Gasteiger partial charge >= 0.3 is 0 Å². The first-order valence-corrected chi connectivity index (χ1v) is 7.35. The molecule has 0 N–H and O–H groups in total. The number of hydrogen-bond acceptors (Lipinski definition) is 1. The fraction of sp³-hybridized carbons (Fsp3) is 0.368. The molecule has 2 aromatic carbocycles. The smallest absolute Gasteiger partial charge is 0.123 e. The zero-order chi connectivity index (χ0) is 14.2. The average Bonchev–Trinajstić information content (AvgIpc) is 2.86. The second kappa shape index (κ2) is 4.97. The van der Waals surface area contributed by atoms with E-state index in [1.807, 2.05) is 6.07 Å². The number of benzene rings is 2. The molecule has 1 heteroatoms. The highest BCUT2D eigenvalue weighted by atomic mass is 16.5. The van der Waals surface area contributed by atoms with Crippen molar-refractivity contribution in [3.63, 3.8) is 0 Å². The lowest BCUT2D eigenvalue weighted by atomic mass is 9.79. The van der Waals surface area contributed by atoms with Crippen molar-refractivity contribution in [3.8, 4) is 5.75 Å². The summed E-state index contributed by atoms with van der Waals surface area (Å²) in [4.78, 5) is 0. The second-order valence-corrected chi connectivity index (χ2v) is 6.57. The zero-order valence-electron chi connectivity index (χ0n) is 12.5. The van der Waals surface area contributed by atoms with Crippen molar-refractivity contribution in [1.82, 2.24) is 0 Å². The van der Waals surface area contributed by atoms with E-state index in [2.05, 4.69) is 63.2 Å². The van der Waals surface area contributed by atoms with Gasteiger partial charge in [0.15, 0.2) is 0 Å². The van der Waals surface area contributed by atoms with Crippen LogP contribution in [0.15, 0.2) is 48.5 Å². The van der Waals surface area contributed by atoms with Crippen LogP contribution >= 0.6 is 0 Å². The van der Waals surface area contributed by atoms with Gasteiger partial charge in [0, 0.05) is 11.8 Å². The number of hydrogen-bond donors (Lipinski definition) is 0. The summed E-state index contributed by atoms with van der Waals surface area (Å²) in [5.41, 5.74) is 4.18. The Morgan fingerprint density at radius 2 is 1.75 bits per heavy atom. The number of fused-ring (bicyclic) bond motifs is 1. The van der Waals surface area contributed by atoms with Crippen LogP contribution in [0.4, 0.5) is 0 Å². The lowest BCUT2D eigenvalue weighted by molar-refractivity contribution is 0.0935. The normalized spacial score (nSPS) is 17.6. The standard InChI is InChI=1S/C19H22O/c1-14-8-10-15(11-9-14)13-19(2,3)18-12-16-6-4-5-7-17(16)20-18/h4-11,18H,12-13H2,1-3H3/t18-/m0/s1. The van der Waals surface area contributed by atoms with E-state index in [-0.39, 0.29) is 11.5 Å². The van der Waals surface area contributed by atoms with Crippen LogP contribution in [0.1, 0.15) is 30.5 Å². The van der Waals surface area contributed by atoms with Crippen molar-refractivity contribution < 1.29 is 4.74 Å². The van der Waals surface area contributed by atoms with E-state index in [9.17, 15) is 0 Å². The molecule has 1 nitrogen and oxygen atoms in total. The summed E-state index contributed by atoms with van der Waals surface area (Å²) < 4.78 is 6.17. The highest BCUT2D eigenvalue weighted by Crippen LogP contribution is 2.38. The summed E-state index contributed by atoms with van der Waals surface area (Å²) in [5, 5.41) is 0. The van der Waals surface area contributed by atoms with Gasteiger partial charge in [0.2, 0.25) is 0 Å². The molecule has 3 rings (SSSR count). The number of rotatable bonds is 3. The molecule has 0 saturated carbocycles. The van der Waals surface area contributed by atoms with Gasteiger partial charge in [-0.15, -0.1) is 0 Å². The maximum Gasteiger partial charge on any atom is 0.123 e. The molecule has 2 aromatic rings. The third kappa shape index (κ3) is 2.58. The maximum absolute atomic E-state index is 6.17. The molecule has 1 atom stereocenters. The summed E-state index contributed by atoms with van der Waals surface area (Å²) in [6, 6.07) is 17.3. The predicted octanol–water partition coefficient (Wildman–Crippen LogP) is 4.57. The van der Waals surface area contributed by atoms with E-state index < -0.39 is 0 Å². The van der Waals surface area contributed by atoms with Crippen molar-refractivity contribution in [2.45, 2.75) is 39.7 Å². The Kier molecular flexibility index (Phi) is 3.29. The number of para-hydroxylation sites is 1. The van der Waals surface area contributed by atoms with Crippen LogP contribution < -0.4 is 4.74 Å². The lowest BCUT2D eigenvalue weighted by Crippen LogP contribution is -2.35. The molecule has 0 unspecified atom stereocenters. The van der Waals surface area contributed by atoms with Gasteiger partial charge in [-0.3, -0.25) is 0 Å². The maximum atomic E-state index is 6.17. The third-order valence-electron chi connectivity index (χ3n) is 4.30. The van der Waals surface area contributed by atoms with Gasteiger partial charge in [0.1, 0.15) is 11.9 Å². The SMILES string of the molecule is Cc1ccc(CC(C)(C)[C@@H]2Cc3ccccc3O2)cc1. The van der Waals surface area contributed by atoms with Gasteiger partial charge in [0.05, 0.1) is 0 Å². The zero-order valence-corrected chi connectivity index (χ0v) is 12.5. The lowest BCUT2D eigenvalue weighted by Gasteiger charge is -2.31. The Morgan fingerprint density at radius 1 is 1.05 bits per heavy atom. The van der Waals surface area contributed by atoms with E-state index in [0.29, 0.717) is 0 Å². The van der Waals surface area contributed by atoms with Gasteiger partial charge in [-0.25, -0.2) is 0 Å². The van der Waals surface area contributed by atoms with Crippen molar-refractivity contribution >= 4 is 0 Å². The Labute approximate surface area is 121 Å². The van der Waals surface area contributed by atoms with Crippen LogP contribution in [0.3, 0.4) is 0 Å². The van der Waals surface area contributed by atoms with Crippen LogP contribution in [0.5, 0.6) is 5.75 Å². The van der Waals surface area contributed by atoms with E-state index in [4.69, 9.17) is 4.74 Å². The molecule has 20 heavy (non-hydrogen) atoms. The monoisotopic (exact) mass is 266 g/mol. The Morgan fingerprint density at radius 3 is 2.45 bits per heavy atom. The molecule has 0 radical (unpaired) electrons. The number of ether oxygens (including phenoxy) is 1. The molecule has 0 aromatic heterocycles. The summed E-state index contributed by atoms with van der Waals surface area (Å²) in [6.07, 6.45) is 2.34. The van der Waals surface area contributed by atoms with E-state index in [1.54, 1.807) is 0 Å². The van der Waals surface area contributed by atoms with Crippen LogP contribution in [0.2, 0.25) is 0 Å². The highest BCUT2D eigenvalue weighted by Gasteiger charge is 2.36. The summed E-state index contributed by atoms with van der Waals surface area (Å²) in [5.74, 6) is 1.06. The highest BCUT2D eigenvalue weighted by molar-refractivity contribution is 5.38. The van der Waals surface area contributed by atoms with Crippen molar-refractivity contribution in [3.05, 3.63) is 65.2 Å². The molecule has 104 valence electrons. The van der Waals surface area contributed by atoms with Gasteiger partial charge in [-0.2, -0.15) is 0 Å². The molecule has 0 saturated heterocycles. The van der Waals surface area contributed by atoms with Gasteiger partial charge in [-0.05, 0) is 30.5 Å². The fourth-order valence-electron chi connectivity index (χ4n) is 2.96. The minimum atomic E-state index is 0.133. The molecular weight excluding hydrogens is 244 g/mol. The third-order valence-corrected chi connectivity index (χ3v) is 4.30. The topological polar surface area (TPSA) is 9.23 Å². The number of aryl methyl sites for hydroxylation is 1. The van der Waals surface area contributed by atoms with E-state index >= 15 is 0 Å². The largest absolute Gasteiger partial charge is 0.489 e. The first-order chi connectivity index (χ1) is 9.54. The second-order valence-electron chi connectivity index (χ2n) is 6.57. The summed E-state index contributed by atoms with van der Waals surface area (Å²) >= 11 is 0. The minimum absolute atomic E-state index is 0.133. The Hall–Kier alpha value is -1.76. The quantitative estimate of drug-likeness (QED) is 0.791. The summed E-state index contributed by atoms with van der Waals surface area (Å²) in [7, 11) is 0. The molecule has 0 aliphatic carbocycles. The molecule has 0 amide bonds. The van der Waals surface area contributed by atoms with Gasteiger partial charge < -0.3 is 4.74 Å². The molecular formula is C19H22O. The van der Waals surface area contributed by atoms with Crippen LogP contribution in [-0.2, 0) is 12.8 Å². The first-order valence-electron chi connectivity index (χ1n) is 7.35. The molecule has 0 spiro atoms. The Bertz CT molecular complexity index is 570. The first kappa shape index (κ1) is 13.2. The van der Waals surface area contributed by atoms with E-state index in [1.165, 1.54) is 16.7 Å². The molecule has 1 heterocycles. The van der Waals surface area contributed by atoms with Crippen molar-refractivity contribution in [2.75, 3.05) is 0 Å². The van der Waals surface area contributed by atoms with Crippen LogP contribution in [0, 0.1) is 12.3 Å². The van der Waals surface area contributed by atoms with Crippen molar-refractivity contribution in [1.29, 1.82) is 0 Å². The van der Waals surface area contributed by atoms with Crippen LogP contribution in [-0.4, -0.2) is 6.10 Å². The molecule has 0 bridgehead atoms. The molecule has 0 fully saturated rings. The average molecular weight is 266 g/mol. The predicted molar refractivity (Wildman–Crippen MR) is 83.2 cm³/mol. The minimum Gasteiger partial charge on any atom is -0.489 e. The molecule has 1 aliphatic rings.